The average molecular weight is 347 g/mol. The highest BCUT2D eigenvalue weighted by molar-refractivity contribution is 7.09. The number of fused-ring (bicyclic) bond motifs is 1. The molecule has 3 heterocycles. The Hall–Kier alpha value is -1.86. The Morgan fingerprint density at radius 1 is 1.29 bits per heavy atom. The molecule has 0 amide bonds. The number of aromatic nitrogens is 2. The van der Waals surface area contributed by atoms with Crippen molar-refractivity contribution in [2.24, 2.45) is 0 Å². The predicted molar refractivity (Wildman–Crippen MR) is 92.2 cm³/mol. The second-order valence-electron chi connectivity index (χ2n) is 5.99. The lowest BCUT2D eigenvalue weighted by Gasteiger charge is -2.26. The molecule has 0 N–H and O–H groups in total. The van der Waals surface area contributed by atoms with Crippen LogP contribution in [0.25, 0.3) is 0 Å². The fourth-order valence-corrected chi connectivity index (χ4v) is 4.05. The minimum absolute atomic E-state index is 0.323. The molecule has 0 radical (unpaired) electrons. The predicted octanol–water partition coefficient (Wildman–Crippen LogP) is 2.84. The Kier molecular flexibility index (Phi) is 4.53. The van der Waals surface area contributed by atoms with Crippen molar-refractivity contribution in [3.63, 3.8) is 0 Å². The zero-order valence-corrected chi connectivity index (χ0v) is 14.6. The van der Waals surface area contributed by atoms with Crippen LogP contribution in [0.3, 0.4) is 0 Å². The monoisotopic (exact) mass is 347 g/mol. The van der Waals surface area contributed by atoms with Crippen LogP contribution in [0, 0.1) is 0 Å². The van der Waals surface area contributed by atoms with Gasteiger partial charge in [-0.1, -0.05) is 6.07 Å². The highest BCUT2D eigenvalue weighted by atomic mass is 32.1. The molecule has 0 bridgehead atoms. The van der Waals surface area contributed by atoms with Gasteiger partial charge in [0.05, 0.1) is 12.6 Å². The molecule has 1 fully saturated rings. The molecular formula is C17H21N3O3S. The van der Waals surface area contributed by atoms with E-state index in [1.165, 1.54) is 17.1 Å². The molecule has 0 aliphatic carbocycles. The molecule has 2 aliphatic rings. The van der Waals surface area contributed by atoms with E-state index in [1.807, 2.05) is 6.07 Å². The van der Waals surface area contributed by atoms with Crippen LogP contribution in [-0.2, 0) is 11.2 Å². The lowest BCUT2D eigenvalue weighted by molar-refractivity contribution is 0.171. The van der Waals surface area contributed by atoms with E-state index in [2.05, 4.69) is 21.4 Å². The van der Waals surface area contributed by atoms with Crippen LogP contribution in [0.15, 0.2) is 18.2 Å². The number of hydrogen-bond donors (Lipinski definition) is 0. The quantitative estimate of drug-likeness (QED) is 0.829. The second kappa shape index (κ2) is 6.94. The average Bonchev–Trinajstić information content (AvgIpc) is 3.28. The maximum Gasteiger partial charge on any atom is 0.205 e. The van der Waals surface area contributed by atoms with Gasteiger partial charge >= 0.3 is 0 Å². The summed E-state index contributed by atoms with van der Waals surface area (Å²) in [5, 5.41) is 0.999. The van der Waals surface area contributed by atoms with Crippen LogP contribution >= 0.6 is 11.5 Å². The zero-order valence-electron chi connectivity index (χ0n) is 13.7. The van der Waals surface area contributed by atoms with Gasteiger partial charge in [0.25, 0.3) is 0 Å². The van der Waals surface area contributed by atoms with Gasteiger partial charge in [0, 0.05) is 31.6 Å². The number of anilines is 1. The van der Waals surface area contributed by atoms with E-state index < -0.39 is 0 Å². The Balaban J connectivity index is 1.55. The number of nitrogens with zero attached hydrogens (tertiary/aromatic N) is 3. The summed E-state index contributed by atoms with van der Waals surface area (Å²) < 4.78 is 20.9. The van der Waals surface area contributed by atoms with Crippen LogP contribution in [-0.4, -0.2) is 42.8 Å². The number of hydrogen-bond acceptors (Lipinski definition) is 7. The highest BCUT2D eigenvalue weighted by Crippen LogP contribution is 2.40. The van der Waals surface area contributed by atoms with E-state index in [0.717, 1.165) is 48.3 Å². The Bertz CT molecular complexity index is 706. The van der Waals surface area contributed by atoms with Gasteiger partial charge in [0.2, 0.25) is 5.13 Å². The summed E-state index contributed by atoms with van der Waals surface area (Å²) in [6.45, 7) is 2.90. The minimum atomic E-state index is 0.323. The van der Waals surface area contributed by atoms with Gasteiger partial charge in [-0.05, 0) is 30.5 Å². The largest absolute Gasteiger partial charge is 0.486 e. The van der Waals surface area contributed by atoms with Crippen LogP contribution in [0.2, 0.25) is 0 Å². The normalized spacial score (nSPS) is 19.7. The smallest absolute Gasteiger partial charge is 0.205 e. The van der Waals surface area contributed by atoms with Crippen LogP contribution < -0.4 is 14.4 Å². The van der Waals surface area contributed by atoms with Gasteiger partial charge in [-0.25, -0.2) is 4.98 Å². The zero-order chi connectivity index (χ0) is 16.4. The van der Waals surface area contributed by atoms with Crippen LogP contribution in [0.4, 0.5) is 5.13 Å². The van der Waals surface area contributed by atoms with Crippen molar-refractivity contribution in [2.75, 3.05) is 38.4 Å². The molecule has 1 aromatic heterocycles. The molecule has 1 aromatic carbocycles. The summed E-state index contributed by atoms with van der Waals surface area (Å²) in [5.74, 6) is 2.56. The van der Waals surface area contributed by atoms with E-state index in [-0.39, 0.29) is 0 Å². The number of methoxy groups -OCH3 is 1. The maximum absolute atomic E-state index is 5.73. The Morgan fingerprint density at radius 2 is 2.17 bits per heavy atom. The standard InChI is InChI=1S/C17H21N3O3S/c1-21-8-6-16-18-17(24-19-16)20-7-2-3-13(20)12-4-5-14-15(11-12)23-10-9-22-14/h4-5,11,13H,2-3,6-10H2,1H3. The summed E-state index contributed by atoms with van der Waals surface area (Å²) in [6, 6.07) is 6.60. The van der Waals surface area contributed by atoms with Gasteiger partial charge in [-0.2, -0.15) is 4.37 Å². The van der Waals surface area contributed by atoms with Crippen LogP contribution in [0.5, 0.6) is 11.5 Å². The van der Waals surface area contributed by atoms with Gasteiger partial charge in [0.1, 0.15) is 19.0 Å². The first-order chi connectivity index (χ1) is 11.8. The first kappa shape index (κ1) is 15.7. The third-order valence-electron chi connectivity index (χ3n) is 4.44. The number of rotatable bonds is 5. The Labute approximate surface area is 145 Å². The molecule has 2 aliphatic heterocycles. The molecule has 6 nitrogen and oxygen atoms in total. The van der Waals surface area contributed by atoms with Gasteiger partial charge in [-0.3, -0.25) is 0 Å². The third-order valence-corrected chi connectivity index (χ3v) is 5.23. The molecule has 1 atom stereocenters. The van der Waals surface area contributed by atoms with Crippen molar-refractivity contribution in [1.82, 2.24) is 9.36 Å². The van der Waals surface area contributed by atoms with Crippen molar-refractivity contribution in [3.8, 4) is 11.5 Å². The van der Waals surface area contributed by atoms with Crippen molar-refractivity contribution >= 4 is 16.7 Å². The summed E-state index contributed by atoms with van der Waals surface area (Å²) in [4.78, 5) is 7.05. The lowest BCUT2D eigenvalue weighted by Crippen LogP contribution is -2.23. The summed E-state index contributed by atoms with van der Waals surface area (Å²) in [7, 11) is 1.70. The van der Waals surface area contributed by atoms with E-state index in [0.29, 0.717) is 25.9 Å². The van der Waals surface area contributed by atoms with Crippen molar-refractivity contribution < 1.29 is 14.2 Å². The molecule has 2 aromatic rings. The van der Waals surface area contributed by atoms with Crippen molar-refractivity contribution in [2.45, 2.75) is 25.3 Å². The first-order valence-electron chi connectivity index (χ1n) is 8.33. The molecule has 0 saturated carbocycles. The van der Waals surface area contributed by atoms with E-state index in [4.69, 9.17) is 19.2 Å². The molecule has 24 heavy (non-hydrogen) atoms. The van der Waals surface area contributed by atoms with E-state index in [9.17, 15) is 0 Å². The molecular weight excluding hydrogens is 326 g/mol. The van der Waals surface area contributed by atoms with Gasteiger partial charge < -0.3 is 19.1 Å². The van der Waals surface area contributed by atoms with E-state index >= 15 is 0 Å². The molecule has 1 saturated heterocycles. The van der Waals surface area contributed by atoms with E-state index in [1.54, 1.807) is 7.11 Å². The summed E-state index contributed by atoms with van der Waals surface area (Å²) in [5.41, 5.74) is 1.25. The van der Waals surface area contributed by atoms with Crippen molar-refractivity contribution in [1.29, 1.82) is 0 Å². The van der Waals surface area contributed by atoms with Crippen LogP contribution in [0.1, 0.15) is 30.3 Å². The topological polar surface area (TPSA) is 56.7 Å². The second-order valence-corrected chi connectivity index (χ2v) is 6.72. The molecule has 0 spiro atoms. The first-order valence-corrected chi connectivity index (χ1v) is 9.10. The highest BCUT2D eigenvalue weighted by Gasteiger charge is 2.29. The SMILES string of the molecule is COCCc1nsc(N2CCCC2c2ccc3c(c2)OCCO3)n1. The number of ether oxygens (including phenoxy) is 3. The van der Waals surface area contributed by atoms with Crippen molar-refractivity contribution in [3.05, 3.63) is 29.6 Å². The number of benzene rings is 1. The molecule has 4 rings (SSSR count). The summed E-state index contributed by atoms with van der Waals surface area (Å²) >= 11 is 1.48. The molecule has 1 unspecified atom stereocenters. The summed E-state index contributed by atoms with van der Waals surface area (Å²) in [6.07, 6.45) is 3.04. The lowest BCUT2D eigenvalue weighted by atomic mass is 10.0. The van der Waals surface area contributed by atoms with Gasteiger partial charge in [-0.15, -0.1) is 0 Å². The molecule has 7 heteroatoms. The maximum atomic E-state index is 5.73. The Morgan fingerprint density at radius 3 is 3.04 bits per heavy atom. The fourth-order valence-electron chi connectivity index (χ4n) is 3.27. The molecule has 128 valence electrons. The third kappa shape index (κ3) is 3.06. The fraction of sp³-hybridized carbons (Fsp3) is 0.529. The van der Waals surface area contributed by atoms with Gasteiger partial charge in [0.15, 0.2) is 11.5 Å². The minimum Gasteiger partial charge on any atom is -0.486 e.